The van der Waals surface area contributed by atoms with Gasteiger partial charge in [0, 0.05) is 39.9 Å². The van der Waals surface area contributed by atoms with E-state index in [1.54, 1.807) is 19.6 Å². The maximum atomic E-state index is 10.9. The molecule has 0 amide bonds. The van der Waals surface area contributed by atoms with Crippen LogP contribution < -0.4 is 0 Å². The van der Waals surface area contributed by atoms with Crippen molar-refractivity contribution >= 4 is 40.7 Å². The minimum Gasteiger partial charge on any atom is -0.464 e. The number of hydrogen-bond acceptors (Lipinski definition) is 12. The number of hydrogen-bond donors (Lipinski definition) is 0. The monoisotopic (exact) mass is 666 g/mol. The van der Waals surface area contributed by atoms with Crippen LogP contribution in [0.1, 0.15) is 71.1 Å². The maximum absolute atomic E-state index is 10.9. The van der Waals surface area contributed by atoms with E-state index in [0.717, 1.165) is 47.7 Å². The summed E-state index contributed by atoms with van der Waals surface area (Å²) in [6, 6.07) is 7.55. The number of rotatable bonds is 4. The van der Waals surface area contributed by atoms with Crippen molar-refractivity contribution in [1.29, 1.82) is 0 Å². The third-order valence-corrected chi connectivity index (χ3v) is 6.55. The highest BCUT2D eigenvalue weighted by Crippen LogP contribution is 2.08. The fraction of sp³-hybridized carbons (Fsp3) is 0.367. The van der Waals surface area contributed by atoms with Gasteiger partial charge in [0.25, 0.3) is 11.6 Å². The van der Waals surface area contributed by atoms with Gasteiger partial charge in [-0.2, -0.15) is 0 Å². The van der Waals surface area contributed by atoms with Crippen LogP contribution in [0.4, 0.5) is 0 Å². The second-order valence-electron chi connectivity index (χ2n) is 9.77. The Labute approximate surface area is 276 Å². The molecule has 0 fully saturated rings. The first-order chi connectivity index (χ1) is 22.0. The average molecular weight is 668 g/mol. The molecule has 6 aromatic heterocycles. The predicted octanol–water partition coefficient (Wildman–Crippen LogP) is 5.22. The molecule has 0 saturated carbocycles. The van der Waals surface area contributed by atoms with E-state index in [0.29, 0.717) is 22.5 Å². The summed E-state index contributed by atoms with van der Waals surface area (Å²) in [7, 11) is 1.29. The second kappa shape index (κ2) is 17.1. The number of esters is 1. The number of halogens is 2. The first kappa shape index (κ1) is 35.8. The van der Waals surface area contributed by atoms with E-state index in [4.69, 9.17) is 23.2 Å². The van der Waals surface area contributed by atoms with Crippen LogP contribution in [0, 0.1) is 27.7 Å². The van der Waals surface area contributed by atoms with Crippen molar-refractivity contribution in [2.45, 2.75) is 67.7 Å². The predicted molar refractivity (Wildman–Crippen MR) is 174 cm³/mol. The van der Waals surface area contributed by atoms with Crippen molar-refractivity contribution < 1.29 is 9.53 Å². The van der Waals surface area contributed by atoms with E-state index >= 15 is 0 Å². The molecule has 0 N–H and O–H groups in total. The second-order valence-corrected chi connectivity index (χ2v) is 10.4. The highest BCUT2D eigenvalue weighted by atomic mass is 35.5. The normalized spacial score (nSPS) is 10.3. The largest absolute Gasteiger partial charge is 0.464 e. The standard InChI is InChI=1S/2C8H10N4.C7H7ClN2O2.C7H9ClN2/c1-3-7-4-6(2)12-5-9-11-8(12)10-7;1-3-7-4-6(2)10-8-11-9-5-12(7)8;1-4-3-5(6(11)12-2)10-7(8)9-4;1-3-6-4-5(2)9-7(8)10-6/h2*4-5H,3H2,1-2H3;3H,1-2H3;4H,3H2,1-2H3. The quantitative estimate of drug-likeness (QED) is 0.178. The van der Waals surface area contributed by atoms with Gasteiger partial charge in [0.15, 0.2) is 5.69 Å². The van der Waals surface area contributed by atoms with E-state index in [1.165, 1.54) is 18.9 Å². The molecule has 6 rings (SSSR count). The van der Waals surface area contributed by atoms with Crippen molar-refractivity contribution in [3.63, 3.8) is 0 Å². The van der Waals surface area contributed by atoms with Crippen molar-refractivity contribution in [1.82, 2.24) is 59.1 Å². The van der Waals surface area contributed by atoms with Crippen LogP contribution in [0.5, 0.6) is 0 Å². The number of fused-ring (bicyclic) bond motifs is 2. The molecule has 16 heteroatoms. The van der Waals surface area contributed by atoms with Gasteiger partial charge in [-0.25, -0.2) is 34.7 Å². The number of methoxy groups -OCH3 is 1. The van der Waals surface area contributed by atoms with Crippen molar-refractivity contribution in [2.75, 3.05) is 7.11 Å². The fourth-order valence-electron chi connectivity index (χ4n) is 4.00. The highest BCUT2D eigenvalue weighted by Gasteiger charge is 2.09. The zero-order valence-electron chi connectivity index (χ0n) is 27.0. The van der Waals surface area contributed by atoms with Gasteiger partial charge in [0.1, 0.15) is 12.7 Å². The highest BCUT2D eigenvalue weighted by molar-refractivity contribution is 6.28. The minimum atomic E-state index is -0.512. The van der Waals surface area contributed by atoms with Crippen LogP contribution in [0.25, 0.3) is 11.6 Å². The van der Waals surface area contributed by atoms with Gasteiger partial charge in [0.05, 0.1) is 7.11 Å². The van der Waals surface area contributed by atoms with Gasteiger partial charge < -0.3 is 4.74 Å². The molecular weight excluding hydrogens is 631 g/mol. The third kappa shape index (κ3) is 10.2. The van der Waals surface area contributed by atoms with E-state index in [1.807, 2.05) is 42.6 Å². The van der Waals surface area contributed by atoms with Crippen molar-refractivity contribution in [3.8, 4) is 0 Å². The first-order valence-corrected chi connectivity index (χ1v) is 15.1. The van der Waals surface area contributed by atoms with Crippen LogP contribution >= 0.6 is 23.2 Å². The van der Waals surface area contributed by atoms with Crippen LogP contribution in [0.3, 0.4) is 0 Å². The Morgan fingerprint density at radius 1 is 0.674 bits per heavy atom. The molecule has 6 heterocycles. The molecule has 0 aliphatic heterocycles. The average Bonchev–Trinajstić information content (AvgIpc) is 3.70. The van der Waals surface area contributed by atoms with Crippen molar-refractivity contribution in [2.24, 2.45) is 0 Å². The molecule has 0 spiro atoms. The molecule has 0 saturated heterocycles. The van der Waals surface area contributed by atoms with Gasteiger partial charge in [-0.1, -0.05) is 20.8 Å². The molecule has 242 valence electrons. The summed E-state index contributed by atoms with van der Waals surface area (Å²) in [6.07, 6.45) is 6.18. The van der Waals surface area contributed by atoms with Gasteiger partial charge in [-0.05, 0) is 94.4 Å². The lowest BCUT2D eigenvalue weighted by Crippen LogP contribution is -2.05. The molecular formula is C30H36Cl2N12O2. The smallest absolute Gasteiger partial charge is 0.356 e. The molecule has 46 heavy (non-hydrogen) atoms. The number of aromatic nitrogens is 12. The van der Waals surface area contributed by atoms with Crippen molar-refractivity contribution in [3.05, 3.63) is 93.0 Å². The SMILES string of the molecule is CCc1cc(C)n2cnnc2n1.CCc1cc(C)nc(Cl)n1.CCc1cc(C)nc2nncn12.COC(=O)c1cc(C)nc(Cl)n1. The molecule has 6 aromatic rings. The van der Waals surface area contributed by atoms with Gasteiger partial charge in [0.2, 0.25) is 10.6 Å². The summed E-state index contributed by atoms with van der Waals surface area (Å²) in [5, 5.41) is 15.8. The van der Waals surface area contributed by atoms with Gasteiger partial charge in [-0.3, -0.25) is 8.80 Å². The minimum absolute atomic E-state index is 0.0513. The van der Waals surface area contributed by atoms with Gasteiger partial charge >= 0.3 is 5.97 Å². The summed E-state index contributed by atoms with van der Waals surface area (Å²) < 4.78 is 8.24. The first-order valence-electron chi connectivity index (χ1n) is 14.4. The number of aryl methyl sites for hydroxylation is 7. The molecule has 0 atom stereocenters. The van der Waals surface area contributed by atoms with Gasteiger partial charge in [-0.15, -0.1) is 20.4 Å². The Bertz CT molecular complexity index is 1870. The van der Waals surface area contributed by atoms with Crippen LogP contribution in [0.2, 0.25) is 10.6 Å². The zero-order valence-corrected chi connectivity index (χ0v) is 28.5. The molecule has 0 aliphatic rings. The van der Waals surface area contributed by atoms with E-state index < -0.39 is 5.97 Å². The molecule has 0 unspecified atom stereocenters. The Hall–Kier alpha value is -4.69. The molecule has 0 aromatic carbocycles. The number of carbonyl (C=O) groups excluding carboxylic acids is 1. The van der Waals surface area contributed by atoms with Crippen LogP contribution in [-0.4, -0.2) is 72.2 Å². The summed E-state index contributed by atoms with van der Waals surface area (Å²) in [6.45, 7) is 13.8. The van der Waals surface area contributed by atoms with Crippen LogP contribution in [-0.2, 0) is 24.0 Å². The number of ether oxygens (including phenoxy) is 1. The summed E-state index contributed by atoms with van der Waals surface area (Å²) >= 11 is 11.1. The van der Waals surface area contributed by atoms with E-state index in [9.17, 15) is 4.79 Å². The van der Waals surface area contributed by atoms with E-state index in [-0.39, 0.29) is 11.0 Å². The lowest BCUT2D eigenvalue weighted by molar-refractivity contribution is 0.0593. The third-order valence-electron chi connectivity index (χ3n) is 6.21. The summed E-state index contributed by atoms with van der Waals surface area (Å²) in [5.41, 5.74) is 7.12. The number of nitrogens with zero attached hydrogens (tertiary/aromatic N) is 12. The Morgan fingerprint density at radius 2 is 1.22 bits per heavy atom. The molecule has 0 radical (unpaired) electrons. The zero-order chi connectivity index (χ0) is 33.8. The molecule has 0 aliphatic carbocycles. The lowest BCUT2D eigenvalue weighted by Gasteiger charge is -2.01. The molecule has 14 nitrogen and oxygen atoms in total. The fourth-order valence-corrected chi connectivity index (χ4v) is 4.47. The lowest BCUT2D eigenvalue weighted by atomic mass is 10.3. The summed E-state index contributed by atoms with van der Waals surface area (Å²) in [5.74, 6) is 0.862. The Balaban J connectivity index is 0.000000167. The maximum Gasteiger partial charge on any atom is 0.356 e. The Morgan fingerprint density at radius 3 is 1.78 bits per heavy atom. The summed E-state index contributed by atoms with van der Waals surface area (Å²) in [4.78, 5) is 34.9. The van der Waals surface area contributed by atoms with Crippen LogP contribution in [0.15, 0.2) is 36.9 Å². The molecule has 0 bridgehead atoms. The Kier molecular flexibility index (Phi) is 13.3. The van der Waals surface area contributed by atoms with E-state index in [2.05, 4.69) is 81.0 Å². The number of carbonyl (C=O) groups is 1. The topological polar surface area (TPSA) is 164 Å².